The summed E-state index contributed by atoms with van der Waals surface area (Å²) in [7, 11) is -3.80. The highest BCUT2D eigenvalue weighted by Crippen LogP contribution is 2.37. The Hall–Kier alpha value is -2.02. The third kappa shape index (κ3) is 3.98. The summed E-state index contributed by atoms with van der Waals surface area (Å²) in [5.41, 5.74) is 1.45. The van der Waals surface area contributed by atoms with Crippen molar-refractivity contribution < 1.29 is 13.2 Å². The summed E-state index contributed by atoms with van der Waals surface area (Å²) in [6.45, 7) is 4.35. The van der Waals surface area contributed by atoms with Crippen LogP contribution in [0.4, 0.5) is 0 Å². The Bertz CT molecular complexity index is 1040. The molecule has 1 heterocycles. The number of ether oxygens (including phenoxy) is 1. The van der Waals surface area contributed by atoms with Crippen LogP contribution in [0.25, 0.3) is 11.4 Å². The molecule has 0 aliphatic rings. The Morgan fingerprint density at radius 2 is 1.74 bits per heavy atom. The van der Waals surface area contributed by atoms with Gasteiger partial charge in [-0.3, -0.25) is 0 Å². The van der Waals surface area contributed by atoms with Crippen LogP contribution in [0.2, 0.25) is 10.0 Å². The number of rotatable bonds is 6. The summed E-state index contributed by atoms with van der Waals surface area (Å²) < 4.78 is 32.7. The van der Waals surface area contributed by atoms with Crippen LogP contribution in [-0.4, -0.2) is 24.0 Å². The predicted octanol–water partition coefficient (Wildman–Crippen LogP) is 5.19. The first-order valence-corrected chi connectivity index (χ1v) is 10.5. The zero-order valence-corrected chi connectivity index (χ0v) is 17.1. The van der Waals surface area contributed by atoms with Gasteiger partial charge in [-0.2, -0.15) is 0 Å². The molecule has 0 unspecified atom stereocenters. The Morgan fingerprint density at radius 3 is 2.33 bits per heavy atom. The first-order chi connectivity index (χ1) is 12.8. The lowest BCUT2D eigenvalue weighted by molar-refractivity contribution is 0.318. The second-order valence-corrected chi connectivity index (χ2v) is 8.61. The van der Waals surface area contributed by atoms with Gasteiger partial charge in [0.15, 0.2) is 11.6 Å². The number of benzene rings is 2. The zero-order valence-electron chi connectivity index (χ0n) is 14.8. The molecule has 0 radical (unpaired) electrons. The summed E-state index contributed by atoms with van der Waals surface area (Å²) >= 11 is 12.6. The molecule has 0 saturated heterocycles. The number of imidazole rings is 1. The summed E-state index contributed by atoms with van der Waals surface area (Å²) in [6.07, 6.45) is 3.63. The Balaban J connectivity index is 2.06. The number of hydrogen-bond donors (Lipinski definition) is 0. The minimum Gasteiger partial charge on any atom is -0.490 e. The molecule has 5 nitrogen and oxygen atoms in total. The summed E-state index contributed by atoms with van der Waals surface area (Å²) in [4.78, 5) is 4.37. The van der Waals surface area contributed by atoms with E-state index in [0.717, 1.165) is 16.0 Å². The van der Waals surface area contributed by atoms with Gasteiger partial charge in [-0.15, -0.1) is 0 Å². The Morgan fingerprint density at radius 1 is 1.11 bits per heavy atom. The lowest BCUT2D eigenvalue weighted by Gasteiger charge is -2.13. The number of halogens is 2. The molecule has 0 amide bonds. The third-order valence-electron chi connectivity index (χ3n) is 3.89. The number of nitrogens with zero attached hydrogens (tertiary/aromatic N) is 2. The summed E-state index contributed by atoms with van der Waals surface area (Å²) in [5.74, 6) is 0.602. The Labute approximate surface area is 168 Å². The average molecular weight is 425 g/mol. The minimum absolute atomic E-state index is 0.174. The van der Waals surface area contributed by atoms with Crippen molar-refractivity contribution in [2.24, 2.45) is 0 Å². The van der Waals surface area contributed by atoms with Gasteiger partial charge in [0.2, 0.25) is 0 Å². The van der Waals surface area contributed by atoms with Crippen LogP contribution >= 0.6 is 23.2 Å². The van der Waals surface area contributed by atoms with Crippen LogP contribution < -0.4 is 4.74 Å². The maximum atomic E-state index is 13.0. The molecule has 0 bridgehead atoms. The third-order valence-corrected chi connectivity index (χ3v) is 6.13. The molecule has 3 rings (SSSR count). The molecule has 0 N–H and O–H groups in total. The van der Waals surface area contributed by atoms with Crippen molar-refractivity contribution >= 4 is 33.2 Å². The fourth-order valence-corrected chi connectivity index (χ4v) is 4.44. The molecule has 142 valence electrons. The minimum atomic E-state index is -3.80. The number of aryl methyl sites for hydroxylation is 1. The van der Waals surface area contributed by atoms with Crippen LogP contribution in [0.1, 0.15) is 18.9 Å². The second kappa shape index (κ2) is 7.92. The van der Waals surface area contributed by atoms with Crippen LogP contribution in [-0.2, 0) is 10.0 Å². The molecule has 0 aliphatic heterocycles. The van der Waals surface area contributed by atoms with Gasteiger partial charge in [-0.1, -0.05) is 47.8 Å². The summed E-state index contributed by atoms with van der Waals surface area (Å²) in [5, 5.41) is 0.599. The first kappa shape index (κ1) is 19.7. The molecule has 0 saturated carbocycles. The highest BCUT2D eigenvalue weighted by molar-refractivity contribution is 7.90. The number of hydrogen-bond acceptors (Lipinski definition) is 4. The molecule has 0 fully saturated rings. The average Bonchev–Trinajstić information content (AvgIpc) is 3.12. The van der Waals surface area contributed by atoms with Gasteiger partial charge in [-0.05, 0) is 37.6 Å². The van der Waals surface area contributed by atoms with Crippen molar-refractivity contribution in [3.8, 4) is 17.1 Å². The van der Waals surface area contributed by atoms with Gasteiger partial charge < -0.3 is 4.74 Å². The van der Waals surface area contributed by atoms with Gasteiger partial charge in [0.1, 0.15) is 0 Å². The van der Waals surface area contributed by atoms with Gasteiger partial charge in [0, 0.05) is 18.0 Å². The van der Waals surface area contributed by atoms with Crippen molar-refractivity contribution in [3.63, 3.8) is 0 Å². The molecule has 1 aromatic heterocycles. The second-order valence-electron chi connectivity index (χ2n) is 5.98. The summed E-state index contributed by atoms with van der Waals surface area (Å²) in [6, 6.07) is 9.82. The van der Waals surface area contributed by atoms with Crippen molar-refractivity contribution in [2.75, 3.05) is 6.61 Å². The molecule has 3 aromatic rings. The zero-order chi connectivity index (χ0) is 19.6. The van der Waals surface area contributed by atoms with Gasteiger partial charge in [0.25, 0.3) is 10.0 Å². The maximum absolute atomic E-state index is 13.0. The lowest BCUT2D eigenvalue weighted by Crippen LogP contribution is -2.13. The number of aromatic nitrogens is 2. The monoisotopic (exact) mass is 424 g/mol. The van der Waals surface area contributed by atoms with Crippen LogP contribution in [0.15, 0.2) is 53.7 Å². The molecular formula is C19H18Cl2N2O3S. The van der Waals surface area contributed by atoms with E-state index in [4.69, 9.17) is 27.9 Å². The van der Waals surface area contributed by atoms with E-state index in [0.29, 0.717) is 28.0 Å². The van der Waals surface area contributed by atoms with Gasteiger partial charge in [0.05, 0.1) is 21.5 Å². The van der Waals surface area contributed by atoms with E-state index in [-0.39, 0.29) is 10.7 Å². The topological polar surface area (TPSA) is 61.2 Å². The SMILES string of the molecule is CCCOc1c(Cl)cc(-c2nccn2S(=O)(=O)c2ccc(C)cc2)cc1Cl. The van der Waals surface area contributed by atoms with Gasteiger partial charge >= 0.3 is 0 Å². The van der Waals surface area contributed by atoms with Crippen molar-refractivity contribution in [2.45, 2.75) is 25.2 Å². The first-order valence-electron chi connectivity index (χ1n) is 8.32. The molecule has 0 atom stereocenters. The smallest absolute Gasteiger partial charge is 0.269 e. The van der Waals surface area contributed by atoms with E-state index in [1.807, 2.05) is 13.8 Å². The van der Waals surface area contributed by atoms with Crippen LogP contribution in [0.3, 0.4) is 0 Å². The van der Waals surface area contributed by atoms with E-state index in [9.17, 15) is 8.42 Å². The highest BCUT2D eigenvalue weighted by atomic mass is 35.5. The van der Waals surface area contributed by atoms with Gasteiger partial charge in [-0.25, -0.2) is 17.4 Å². The molecular weight excluding hydrogens is 407 g/mol. The molecule has 27 heavy (non-hydrogen) atoms. The predicted molar refractivity (Wildman–Crippen MR) is 107 cm³/mol. The molecule has 0 aliphatic carbocycles. The quantitative estimate of drug-likeness (QED) is 0.545. The Kier molecular flexibility index (Phi) is 5.79. The van der Waals surface area contributed by atoms with Crippen molar-refractivity contribution in [1.82, 2.24) is 8.96 Å². The normalized spacial score (nSPS) is 11.6. The van der Waals surface area contributed by atoms with E-state index < -0.39 is 10.0 Å². The highest BCUT2D eigenvalue weighted by Gasteiger charge is 2.22. The van der Waals surface area contributed by atoms with E-state index in [2.05, 4.69) is 4.98 Å². The molecule has 8 heteroatoms. The lowest BCUT2D eigenvalue weighted by atomic mass is 10.2. The van der Waals surface area contributed by atoms with Crippen molar-refractivity contribution in [1.29, 1.82) is 0 Å². The van der Waals surface area contributed by atoms with E-state index in [1.165, 1.54) is 12.4 Å². The van der Waals surface area contributed by atoms with Crippen molar-refractivity contribution in [3.05, 3.63) is 64.4 Å². The standard InChI is InChI=1S/C19H18Cl2N2O3S/c1-3-10-26-18-16(20)11-14(12-17(18)21)19-22-8-9-23(19)27(24,25)15-6-4-13(2)5-7-15/h4-9,11-12H,3,10H2,1-2H3. The largest absolute Gasteiger partial charge is 0.490 e. The maximum Gasteiger partial charge on any atom is 0.269 e. The fourth-order valence-electron chi connectivity index (χ4n) is 2.54. The molecule has 2 aromatic carbocycles. The van der Waals surface area contributed by atoms with Crippen LogP contribution in [0.5, 0.6) is 5.75 Å². The van der Waals surface area contributed by atoms with E-state index in [1.54, 1.807) is 36.4 Å². The van der Waals surface area contributed by atoms with Crippen LogP contribution in [0, 0.1) is 6.92 Å². The van der Waals surface area contributed by atoms with E-state index >= 15 is 0 Å². The molecule has 0 spiro atoms. The fraction of sp³-hybridized carbons (Fsp3) is 0.211.